The van der Waals surface area contributed by atoms with Crippen molar-refractivity contribution in [1.82, 2.24) is 9.03 Å². The molecule has 1 N–H and O–H groups in total. The molecule has 6 heteroatoms. The van der Waals surface area contributed by atoms with Gasteiger partial charge in [0.05, 0.1) is 12.7 Å². The highest BCUT2D eigenvalue weighted by Gasteiger charge is 2.26. The van der Waals surface area contributed by atoms with Crippen molar-refractivity contribution in [1.29, 1.82) is 0 Å². The highest BCUT2D eigenvalue weighted by molar-refractivity contribution is 7.87. The Morgan fingerprint density at radius 1 is 1.62 bits per heavy atom. The van der Waals surface area contributed by atoms with Gasteiger partial charge in [-0.2, -0.15) is 12.7 Å². The van der Waals surface area contributed by atoms with E-state index < -0.39 is 10.2 Å². The fourth-order valence-corrected chi connectivity index (χ4v) is 2.55. The van der Waals surface area contributed by atoms with Gasteiger partial charge in [-0.05, 0) is 6.92 Å². The van der Waals surface area contributed by atoms with Gasteiger partial charge in [-0.15, -0.1) is 0 Å². The quantitative estimate of drug-likeness (QED) is 0.684. The Morgan fingerprint density at radius 2 is 2.31 bits per heavy atom. The molecule has 1 fully saturated rings. The summed E-state index contributed by atoms with van der Waals surface area (Å²) in [7, 11) is -3.26. The summed E-state index contributed by atoms with van der Waals surface area (Å²) in [6.07, 6.45) is -0.0119. The standard InChI is InChI=1S/C7H16N2O3S/c1-3-8-13(10,11)9-4-5-12-7(2)6-9/h7-8H,3-6H2,1-2H3/t7-/m1/s1. The lowest BCUT2D eigenvalue weighted by atomic mass is 10.3. The third-order valence-corrected chi connectivity index (χ3v) is 3.54. The number of rotatable bonds is 3. The molecule has 1 saturated heterocycles. The predicted molar refractivity (Wildman–Crippen MR) is 49.6 cm³/mol. The van der Waals surface area contributed by atoms with Crippen LogP contribution in [-0.2, 0) is 14.9 Å². The van der Waals surface area contributed by atoms with Crippen LogP contribution in [0.25, 0.3) is 0 Å². The second-order valence-corrected chi connectivity index (χ2v) is 4.80. The molecular formula is C7H16N2O3S. The largest absolute Gasteiger partial charge is 0.376 e. The van der Waals surface area contributed by atoms with E-state index in [9.17, 15) is 8.42 Å². The minimum absolute atomic E-state index is 0.0119. The molecule has 5 nitrogen and oxygen atoms in total. The van der Waals surface area contributed by atoms with Crippen LogP contribution in [0.15, 0.2) is 0 Å². The fraction of sp³-hybridized carbons (Fsp3) is 1.00. The first kappa shape index (κ1) is 10.9. The van der Waals surface area contributed by atoms with Crippen molar-refractivity contribution in [3.8, 4) is 0 Å². The maximum absolute atomic E-state index is 11.5. The van der Waals surface area contributed by atoms with Gasteiger partial charge in [0.1, 0.15) is 0 Å². The van der Waals surface area contributed by atoms with Crippen molar-refractivity contribution in [2.24, 2.45) is 0 Å². The lowest BCUT2D eigenvalue weighted by Gasteiger charge is -2.30. The maximum Gasteiger partial charge on any atom is 0.279 e. The van der Waals surface area contributed by atoms with Crippen LogP contribution < -0.4 is 4.72 Å². The Morgan fingerprint density at radius 3 is 2.85 bits per heavy atom. The second kappa shape index (κ2) is 4.36. The molecule has 1 aliphatic rings. The molecule has 1 heterocycles. The Kier molecular flexibility index (Phi) is 3.66. The Hall–Kier alpha value is -0.170. The van der Waals surface area contributed by atoms with Crippen molar-refractivity contribution in [3.63, 3.8) is 0 Å². The van der Waals surface area contributed by atoms with Gasteiger partial charge in [0.2, 0.25) is 0 Å². The fourth-order valence-electron chi connectivity index (χ4n) is 1.28. The van der Waals surface area contributed by atoms with Gasteiger partial charge in [0, 0.05) is 19.6 Å². The molecule has 0 unspecified atom stereocenters. The summed E-state index contributed by atoms with van der Waals surface area (Å²) in [5.41, 5.74) is 0. The van der Waals surface area contributed by atoms with Crippen LogP contribution in [0.2, 0.25) is 0 Å². The van der Waals surface area contributed by atoms with Crippen LogP contribution >= 0.6 is 0 Å². The van der Waals surface area contributed by atoms with Crippen LogP contribution in [0.5, 0.6) is 0 Å². The first-order valence-electron chi connectivity index (χ1n) is 4.42. The monoisotopic (exact) mass is 208 g/mol. The number of hydrogen-bond donors (Lipinski definition) is 1. The van der Waals surface area contributed by atoms with Gasteiger partial charge in [-0.25, -0.2) is 4.72 Å². The molecule has 1 aliphatic heterocycles. The minimum atomic E-state index is -3.26. The summed E-state index contributed by atoms with van der Waals surface area (Å²) < 4.78 is 32.1. The summed E-state index contributed by atoms with van der Waals surface area (Å²) in [6.45, 7) is 5.42. The molecule has 0 amide bonds. The van der Waals surface area contributed by atoms with Crippen LogP contribution in [0.3, 0.4) is 0 Å². The van der Waals surface area contributed by atoms with Gasteiger partial charge < -0.3 is 4.74 Å². The van der Waals surface area contributed by atoms with Gasteiger partial charge >= 0.3 is 0 Å². The summed E-state index contributed by atoms with van der Waals surface area (Å²) in [5.74, 6) is 0. The molecule has 78 valence electrons. The lowest BCUT2D eigenvalue weighted by molar-refractivity contribution is 0.00980. The van der Waals surface area contributed by atoms with E-state index in [0.717, 1.165) is 0 Å². The average molecular weight is 208 g/mol. The summed E-state index contributed by atoms with van der Waals surface area (Å²) in [4.78, 5) is 0. The van der Waals surface area contributed by atoms with Crippen LogP contribution in [0.1, 0.15) is 13.8 Å². The first-order chi connectivity index (χ1) is 6.06. The Labute approximate surface area is 79.2 Å². The third-order valence-electron chi connectivity index (χ3n) is 1.87. The van der Waals surface area contributed by atoms with E-state index in [1.54, 1.807) is 6.92 Å². The van der Waals surface area contributed by atoms with Gasteiger partial charge in [0.25, 0.3) is 10.2 Å². The van der Waals surface area contributed by atoms with E-state index in [2.05, 4.69) is 4.72 Å². The molecule has 1 rings (SSSR count). The summed E-state index contributed by atoms with van der Waals surface area (Å²) >= 11 is 0. The Balaban J connectivity index is 2.60. The lowest BCUT2D eigenvalue weighted by Crippen LogP contribution is -2.49. The zero-order valence-corrected chi connectivity index (χ0v) is 8.80. The predicted octanol–water partition coefficient (Wildman–Crippen LogP) is -0.439. The zero-order valence-electron chi connectivity index (χ0n) is 7.99. The van der Waals surface area contributed by atoms with Crippen molar-refractivity contribution < 1.29 is 13.2 Å². The molecule has 0 radical (unpaired) electrons. The third kappa shape index (κ3) is 2.91. The van der Waals surface area contributed by atoms with Crippen molar-refractivity contribution in [2.75, 3.05) is 26.2 Å². The number of hydrogen-bond acceptors (Lipinski definition) is 3. The summed E-state index contributed by atoms with van der Waals surface area (Å²) in [5, 5.41) is 0. The van der Waals surface area contributed by atoms with Crippen molar-refractivity contribution in [3.05, 3.63) is 0 Å². The second-order valence-electron chi connectivity index (χ2n) is 3.04. The van der Waals surface area contributed by atoms with E-state index in [4.69, 9.17) is 4.74 Å². The molecule has 0 aromatic heterocycles. The van der Waals surface area contributed by atoms with E-state index in [1.165, 1.54) is 4.31 Å². The molecule has 0 saturated carbocycles. The molecule has 0 aliphatic carbocycles. The minimum Gasteiger partial charge on any atom is -0.376 e. The first-order valence-corrected chi connectivity index (χ1v) is 5.86. The SMILES string of the molecule is CCNS(=O)(=O)N1CCO[C@H](C)C1. The van der Waals surface area contributed by atoms with Gasteiger partial charge in [0.15, 0.2) is 0 Å². The maximum atomic E-state index is 11.5. The van der Waals surface area contributed by atoms with Crippen molar-refractivity contribution >= 4 is 10.2 Å². The molecule has 0 aromatic carbocycles. The van der Waals surface area contributed by atoms with Crippen molar-refractivity contribution in [2.45, 2.75) is 20.0 Å². The normalized spacial score (nSPS) is 26.2. The molecule has 13 heavy (non-hydrogen) atoms. The van der Waals surface area contributed by atoms with E-state index >= 15 is 0 Å². The number of ether oxygens (including phenoxy) is 1. The number of nitrogens with one attached hydrogen (secondary N) is 1. The Bertz CT molecular complexity index is 252. The van der Waals surface area contributed by atoms with Crippen LogP contribution in [0, 0.1) is 0 Å². The zero-order chi connectivity index (χ0) is 9.90. The average Bonchev–Trinajstić information content (AvgIpc) is 2.04. The molecular weight excluding hydrogens is 192 g/mol. The van der Waals surface area contributed by atoms with E-state index in [1.807, 2.05) is 6.92 Å². The number of nitrogens with zero attached hydrogens (tertiary/aromatic N) is 1. The van der Waals surface area contributed by atoms with E-state index in [0.29, 0.717) is 26.2 Å². The molecule has 0 bridgehead atoms. The van der Waals surface area contributed by atoms with Gasteiger partial charge in [-0.3, -0.25) is 0 Å². The summed E-state index contributed by atoms with van der Waals surface area (Å²) in [6, 6.07) is 0. The topological polar surface area (TPSA) is 58.6 Å². The van der Waals surface area contributed by atoms with Gasteiger partial charge in [-0.1, -0.05) is 6.92 Å². The molecule has 1 atom stereocenters. The smallest absolute Gasteiger partial charge is 0.279 e. The molecule has 0 spiro atoms. The highest BCUT2D eigenvalue weighted by atomic mass is 32.2. The van der Waals surface area contributed by atoms with E-state index in [-0.39, 0.29) is 6.10 Å². The van der Waals surface area contributed by atoms with Crippen LogP contribution in [0.4, 0.5) is 0 Å². The number of morpholine rings is 1. The molecule has 0 aromatic rings. The van der Waals surface area contributed by atoms with Crippen LogP contribution in [-0.4, -0.2) is 45.1 Å². The highest BCUT2D eigenvalue weighted by Crippen LogP contribution is 2.07.